The van der Waals surface area contributed by atoms with Gasteiger partial charge in [0.2, 0.25) is 5.91 Å². The summed E-state index contributed by atoms with van der Waals surface area (Å²) in [6, 6.07) is -0.250. The van der Waals surface area contributed by atoms with Gasteiger partial charge in [0.05, 0.1) is 6.04 Å². The van der Waals surface area contributed by atoms with E-state index in [0.29, 0.717) is 19.5 Å². The highest BCUT2D eigenvalue weighted by molar-refractivity contribution is 5.85. The molecular formula is C12H21F3N4O2. The number of halogens is 3. The summed E-state index contributed by atoms with van der Waals surface area (Å²) in [5.74, 6) is -0.815. The van der Waals surface area contributed by atoms with Gasteiger partial charge in [0.15, 0.2) is 5.84 Å². The molecule has 0 saturated carbocycles. The third-order valence-corrected chi connectivity index (χ3v) is 3.48. The van der Waals surface area contributed by atoms with Crippen LogP contribution < -0.4 is 5.73 Å². The molecule has 1 saturated heterocycles. The summed E-state index contributed by atoms with van der Waals surface area (Å²) < 4.78 is 36.6. The summed E-state index contributed by atoms with van der Waals surface area (Å²) in [4.78, 5) is 14.6. The molecule has 1 atom stereocenters. The van der Waals surface area contributed by atoms with Crippen LogP contribution in [-0.4, -0.2) is 65.1 Å². The van der Waals surface area contributed by atoms with E-state index >= 15 is 0 Å². The first-order valence-electron chi connectivity index (χ1n) is 6.84. The lowest BCUT2D eigenvalue weighted by molar-refractivity contribution is -0.162. The van der Waals surface area contributed by atoms with Crippen LogP contribution in [0.15, 0.2) is 5.16 Å². The number of alkyl halides is 3. The van der Waals surface area contributed by atoms with Crippen molar-refractivity contribution in [3.05, 3.63) is 0 Å². The van der Waals surface area contributed by atoms with Gasteiger partial charge >= 0.3 is 6.18 Å². The van der Waals surface area contributed by atoms with E-state index in [2.05, 4.69) is 5.16 Å². The Kier molecular flexibility index (Phi) is 6.25. The summed E-state index contributed by atoms with van der Waals surface area (Å²) in [5, 5.41) is 11.8. The van der Waals surface area contributed by atoms with Gasteiger partial charge in [-0.1, -0.05) is 18.5 Å². The third kappa shape index (κ3) is 5.41. The molecule has 122 valence electrons. The van der Waals surface area contributed by atoms with E-state index in [1.165, 1.54) is 4.90 Å². The molecule has 6 nitrogen and oxygen atoms in total. The van der Waals surface area contributed by atoms with Gasteiger partial charge in [-0.3, -0.25) is 9.69 Å². The minimum Gasteiger partial charge on any atom is -0.409 e. The molecular weight excluding hydrogens is 289 g/mol. The van der Waals surface area contributed by atoms with Crippen LogP contribution in [0.5, 0.6) is 0 Å². The topological polar surface area (TPSA) is 82.2 Å². The lowest BCUT2D eigenvalue weighted by Gasteiger charge is -2.38. The molecule has 21 heavy (non-hydrogen) atoms. The van der Waals surface area contributed by atoms with Crippen molar-refractivity contribution in [1.29, 1.82) is 0 Å². The van der Waals surface area contributed by atoms with E-state index in [-0.39, 0.29) is 25.0 Å². The van der Waals surface area contributed by atoms with Crippen molar-refractivity contribution < 1.29 is 23.2 Å². The molecule has 1 fully saturated rings. The molecule has 1 unspecified atom stereocenters. The predicted octanol–water partition coefficient (Wildman–Crippen LogP) is 0.998. The van der Waals surface area contributed by atoms with Crippen LogP contribution in [0, 0.1) is 0 Å². The van der Waals surface area contributed by atoms with Gasteiger partial charge in [-0.2, -0.15) is 13.2 Å². The van der Waals surface area contributed by atoms with Crippen molar-refractivity contribution in [1.82, 2.24) is 9.80 Å². The van der Waals surface area contributed by atoms with E-state index < -0.39 is 18.5 Å². The van der Waals surface area contributed by atoms with E-state index in [0.717, 1.165) is 6.42 Å². The quantitative estimate of drug-likeness (QED) is 0.343. The summed E-state index contributed by atoms with van der Waals surface area (Å²) in [6.07, 6.45) is -4.39. The number of hydrogen-bond acceptors (Lipinski definition) is 4. The van der Waals surface area contributed by atoms with Crippen molar-refractivity contribution in [2.24, 2.45) is 10.9 Å². The highest BCUT2D eigenvalue weighted by Crippen LogP contribution is 2.21. The number of nitrogens with two attached hydrogens (primary N) is 1. The second-order valence-corrected chi connectivity index (χ2v) is 5.04. The first-order chi connectivity index (χ1) is 9.78. The molecule has 0 aromatic carbocycles. The van der Waals surface area contributed by atoms with Crippen LogP contribution in [0.3, 0.4) is 0 Å². The number of amides is 1. The predicted molar refractivity (Wildman–Crippen MR) is 70.9 cm³/mol. The summed E-state index contributed by atoms with van der Waals surface area (Å²) in [6.45, 7) is 3.21. The van der Waals surface area contributed by atoms with Gasteiger partial charge in [0.1, 0.15) is 6.42 Å². The fraction of sp³-hybridized carbons (Fsp3) is 0.833. The van der Waals surface area contributed by atoms with Gasteiger partial charge in [-0.15, -0.1) is 0 Å². The second kappa shape index (κ2) is 7.48. The van der Waals surface area contributed by atoms with Gasteiger partial charge in [-0.25, -0.2) is 0 Å². The average Bonchev–Trinajstić information content (AvgIpc) is 2.42. The van der Waals surface area contributed by atoms with Crippen molar-refractivity contribution >= 4 is 11.7 Å². The minimum absolute atomic E-state index is 0.0897. The first kappa shape index (κ1) is 17.5. The number of hydrogen-bond donors (Lipinski definition) is 2. The summed E-state index contributed by atoms with van der Waals surface area (Å²) in [7, 11) is 0. The first-order valence-corrected chi connectivity index (χ1v) is 6.84. The molecule has 1 aliphatic heterocycles. The smallest absolute Gasteiger partial charge is 0.397 e. The maximum Gasteiger partial charge on any atom is 0.397 e. The fourth-order valence-electron chi connectivity index (χ4n) is 2.42. The highest BCUT2D eigenvalue weighted by atomic mass is 19.4. The lowest BCUT2D eigenvalue weighted by Crippen LogP contribution is -2.55. The van der Waals surface area contributed by atoms with Crippen LogP contribution in [0.4, 0.5) is 13.2 Å². The van der Waals surface area contributed by atoms with E-state index in [9.17, 15) is 18.0 Å². The molecule has 0 spiro atoms. The average molecular weight is 310 g/mol. The standard InChI is InChI=1S/C12H21F3N4O2/c1-2-3-9(11(16)17-21)18-4-6-19(7-5-18)10(20)8-12(13,14)15/h9,21H,2-8H2,1H3,(H2,16,17). The normalized spacial score (nSPS) is 19.6. The minimum atomic E-state index is -4.48. The summed E-state index contributed by atoms with van der Waals surface area (Å²) >= 11 is 0. The number of rotatable bonds is 5. The molecule has 0 radical (unpaired) electrons. The lowest BCUT2D eigenvalue weighted by atomic mass is 10.1. The Balaban J connectivity index is 2.56. The number of carbonyl (C=O) groups is 1. The van der Waals surface area contributed by atoms with Gasteiger partial charge in [0, 0.05) is 26.2 Å². The molecule has 1 rings (SSSR count). The van der Waals surface area contributed by atoms with Crippen LogP contribution in [-0.2, 0) is 4.79 Å². The zero-order chi connectivity index (χ0) is 16.0. The van der Waals surface area contributed by atoms with E-state index in [4.69, 9.17) is 10.9 Å². The van der Waals surface area contributed by atoms with Crippen molar-refractivity contribution in [2.45, 2.75) is 38.4 Å². The number of piperazine rings is 1. The van der Waals surface area contributed by atoms with Crippen molar-refractivity contribution in [3.8, 4) is 0 Å². The number of amidine groups is 1. The Labute approximate surface area is 121 Å². The Hall–Kier alpha value is -1.51. The Morgan fingerprint density at radius 3 is 2.33 bits per heavy atom. The SMILES string of the molecule is CCCC(C(N)=NO)N1CCN(C(=O)CC(F)(F)F)CC1. The van der Waals surface area contributed by atoms with Crippen LogP contribution in [0.25, 0.3) is 0 Å². The van der Waals surface area contributed by atoms with Crippen LogP contribution >= 0.6 is 0 Å². The van der Waals surface area contributed by atoms with Crippen molar-refractivity contribution in [3.63, 3.8) is 0 Å². The zero-order valence-corrected chi connectivity index (χ0v) is 11.9. The van der Waals surface area contributed by atoms with Gasteiger partial charge in [0.25, 0.3) is 0 Å². The molecule has 1 aliphatic rings. The van der Waals surface area contributed by atoms with E-state index in [1.54, 1.807) is 0 Å². The fourth-order valence-corrected chi connectivity index (χ4v) is 2.42. The number of nitrogens with zero attached hydrogens (tertiary/aromatic N) is 3. The van der Waals surface area contributed by atoms with Gasteiger partial charge < -0.3 is 15.8 Å². The monoisotopic (exact) mass is 310 g/mol. The highest BCUT2D eigenvalue weighted by Gasteiger charge is 2.35. The van der Waals surface area contributed by atoms with Crippen LogP contribution in [0.1, 0.15) is 26.2 Å². The van der Waals surface area contributed by atoms with Crippen molar-refractivity contribution in [2.75, 3.05) is 26.2 Å². The molecule has 0 aromatic heterocycles. The molecule has 9 heteroatoms. The maximum atomic E-state index is 12.2. The molecule has 1 heterocycles. The molecule has 0 aromatic rings. The molecule has 0 bridgehead atoms. The largest absolute Gasteiger partial charge is 0.409 e. The van der Waals surface area contributed by atoms with Crippen LogP contribution in [0.2, 0.25) is 0 Å². The van der Waals surface area contributed by atoms with Gasteiger partial charge in [-0.05, 0) is 6.42 Å². The van der Waals surface area contributed by atoms with E-state index in [1.807, 2.05) is 11.8 Å². The third-order valence-electron chi connectivity index (χ3n) is 3.48. The summed E-state index contributed by atoms with van der Waals surface area (Å²) in [5.41, 5.74) is 5.64. The Morgan fingerprint density at radius 1 is 1.33 bits per heavy atom. The second-order valence-electron chi connectivity index (χ2n) is 5.04. The number of carbonyl (C=O) groups excluding carboxylic acids is 1. The zero-order valence-electron chi connectivity index (χ0n) is 11.9. The molecule has 0 aliphatic carbocycles. The number of oxime groups is 1. The molecule has 3 N–H and O–H groups in total. The molecule has 1 amide bonds. The Bertz CT molecular complexity index is 379. The maximum absolute atomic E-state index is 12.2. The Morgan fingerprint density at radius 2 is 1.90 bits per heavy atom.